The Morgan fingerprint density at radius 3 is 2.50 bits per heavy atom. The zero-order valence-corrected chi connectivity index (χ0v) is 11.9. The largest absolute Gasteiger partial charge is 0.508 e. The average Bonchev–Trinajstić information content (AvgIpc) is 2.32. The second-order valence-electron chi connectivity index (χ2n) is 4.60. The molecule has 2 aromatic carbocycles. The molecule has 18 heavy (non-hydrogen) atoms. The molecule has 0 saturated carbocycles. The van der Waals surface area contributed by atoms with Crippen LogP contribution in [0.15, 0.2) is 46.9 Å². The van der Waals surface area contributed by atoms with Crippen LogP contribution in [0.2, 0.25) is 0 Å². The van der Waals surface area contributed by atoms with E-state index in [0.29, 0.717) is 5.56 Å². The fourth-order valence-electron chi connectivity index (χ4n) is 2.00. The van der Waals surface area contributed by atoms with Gasteiger partial charge in [-0.15, -0.1) is 0 Å². The third kappa shape index (κ3) is 2.42. The molecule has 94 valence electrons. The zero-order valence-electron chi connectivity index (χ0n) is 10.3. The van der Waals surface area contributed by atoms with Crippen molar-refractivity contribution < 1.29 is 10.2 Å². The molecule has 2 rings (SSSR count). The van der Waals surface area contributed by atoms with E-state index in [2.05, 4.69) is 15.9 Å². The van der Waals surface area contributed by atoms with Gasteiger partial charge < -0.3 is 10.2 Å². The van der Waals surface area contributed by atoms with Crippen LogP contribution < -0.4 is 0 Å². The third-order valence-corrected chi connectivity index (χ3v) is 3.56. The highest BCUT2D eigenvalue weighted by atomic mass is 79.9. The van der Waals surface area contributed by atoms with Crippen molar-refractivity contribution in [2.45, 2.75) is 19.4 Å². The minimum Gasteiger partial charge on any atom is -0.508 e. The number of aromatic hydroxyl groups is 1. The number of hydrogen-bond donors (Lipinski definition) is 2. The first kappa shape index (κ1) is 13.1. The van der Waals surface area contributed by atoms with Crippen molar-refractivity contribution in [3.63, 3.8) is 0 Å². The maximum Gasteiger partial charge on any atom is 0.122 e. The number of benzene rings is 2. The lowest BCUT2D eigenvalue weighted by Gasteiger charge is -2.26. The summed E-state index contributed by atoms with van der Waals surface area (Å²) < 4.78 is 0.822. The number of phenols is 1. The van der Waals surface area contributed by atoms with Crippen LogP contribution in [0.5, 0.6) is 5.75 Å². The summed E-state index contributed by atoms with van der Waals surface area (Å²) in [6.45, 7) is 3.66. The normalized spacial score (nSPS) is 14.2. The van der Waals surface area contributed by atoms with Gasteiger partial charge in [0, 0.05) is 10.0 Å². The second-order valence-corrected chi connectivity index (χ2v) is 5.52. The maximum absolute atomic E-state index is 10.7. The summed E-state index contributed by atoms with van der Waals surface area (Å²) in [4.78, 5) is 0. The Labute approximate surface area is 115 Å². The van der Waals surface area contributed by atoms with Gasteiger partial charge in [-0.2, -0.15) is 0 Å². The van der Waals surface area contributed by atoms with E-state index in [-0.39, 0.29) is 5.75 Å². The number of hydrogen-bond acceptors (Lipinski definition) is 2. The molecule has 3 heteroatoms. The highest BCUT2D eigenvalue weighted by molar-refractivity contribution is 9.10. The first-order chi connectivity index (χ1) is 8.41. The topological polar surface area (TPSA) is 40.5 Å². The van der Waals surface area contributed by atoms with Gasteiger partial charge in [-0.05, 0) is 37.6 Å². The predicted molar refractivity (Wildman–Crippen MR) is 75.7 cm³/mol. The minimum atomic E-state index is -1.22. The van der Waals surface area contributed by atoms with Crippen molar-refractivity contribution >= 4 is 15.9 Å². The summed E-state index contributed by atoms with van der Waals surface area (Å²) in [6, 6.07) is 12.7. The van der Waals surface area contributed by atoms with E-state index in [1.54, 1.807) is 25.1 Å². The molecular weight excluding hydrogens is 292 g/mol. The van der Waals surface area contributed by atoms with Crippen molar-refractivity contribution in [3.8, 4) is 5.75 Å². The van der Waals surface area contributed by atoms with E-state index in [9.17, 15) is 10.2 Å². The highest BCUT2D eigenvalue weighted by Crippen LogP contribution is 2.36. The monoisotopic (exact) mass is 306 g/mol. The van der Waals surface area contributed by atoms with Crippen molar-refractivity contribution in [2.75, 3.05) is 0 Å². The van der Waals surface area contributed by atoms with Gasteiger partial charge in [-0.1, -0.05) is 45.8 Å². The third-order valence-electron chi connectivity index (χ3n) is 3.06. The fourth-order valence-corrected chi connectivity index (χ4v) is 2.36. The summed E-state index contributed by atoms with van der Waals surface area (Å²) in [5.41, 5.74) is 1.10. The molecule has 2 aromatic rings. The van der Waals surface area contributed by atoms with Gasteiger partial charge in [0.15, 0.2) is 0 Å². The summed E-state index contributed by atoms with van der Waals surface area (Å²) >= 11 is 3.35. The molecule has 0 amide bonds. The van der Waals surface area contributed by atoms with Crippen molar-refractivity contribution in [1.29, 1.82) is 0 Å². The second kappa shape index (κ2) is 4.75. The lowest BCUT2D eigenvalue weighted by Crippen LogP contribution is -2.23. The molecule has 0 saturated heterocycles. The number of phenolic OH excluding ortho intramolecular Hbond substituents is 1. The van der Waals surface area contributed by atoms with Crippen LogP contribution in [-0.2, 0) is 5.60 Å². The Hall–Kier alpha value is -1.32. The smallest absolute Gasteiger partial charge is 0.122 e. The zero-order chi connectivity index (χ0) is 13.3. The fraction of sp³-hybridized carbons (Fsp3) is 0.200. The lowest BCUT2D eigenvalue weighted by atomic mass is 9.87. The van der Waals surface area contributed by atoms with Gasteiger partial charge in [0.1, 0.15) is 11.4 Å². The average molecular weight is 307 g/mol. The van der Waals surface area contributed by atoms with E-state index in [4.69, 9.17) is 0 Å². The Morgan fingerprint density at radius 1 is 1.11 bits per heavy atom. The quantitative estimate of drug-likeness (QED) is 0.888. The standard InChI is InChI=1S/C15H15BrO2/c1-10-4-3-5-11(8-10)15(2,18)13-9-12(16)6-7-14(13)17/h3-9,17-18H,1-2H3. The molecule has 0 aromatic heterocycles. The van der Waals surface area contributed by atoms with Crippen LogP contribution in [0.3, 0.4) is 0 Å². The van der Waals surface area contributed by atoms with Crippen LogP contribution in [0.4, 0.5) is 0 Å². The minimum absolute atomic E-state index is 0.0877. The Bertz CT molecular complexity index is 576. The van der Waals surface area contributed by atoms with E-state index in [1.807, 2.05) is 31.2 Å². The molecule has 0 aliphatic heterocycles. The summed E-state index contributed by atoms with van der Waals surface area (Å²) in [5, 5.41) is 20.6. The molecule has 2 nitrogen and oxygen atoms in total. The Morgan fingerprint density at radius 2 is 1.83 bits per heavy atom. The van der Waals surface area contributed by atoms with Gasteiger partial charge in [-0.3, -0.25) is 0 Å². The Kier molecular flexibility index (Phi) is 3.46. The first-order valence-corrected chi connectivity index (χ1v) is 6.49. The highest BCUT2D eigenvalue weighted by Gasteiger charge is 2.28. The molecule has 0 aliphatic carbocycles. The van der Waals surface area contributed by atoms with Gasteiger partial charge >= 0.3 is 0 Å². The van der Waals surface area contributed by atoms with Crippen LogP contribution in [0.1, 0.15) is 23.6 Å². The van der Waals surface area contributed by atoms with E-state index >= 15 is 0 Å². The van der Waals surface area contributed by atoms with Gasteiger partial charge in [0.25, 0.3) is 0 Å². The molecular formula is C15H15BrO2. The molecule has 2 N–H and O–H groups in total. The SMILES string of the molecule is Cc1cccc(C(C)(O)c2cc(Br)ccc2O)c1. The molecule has 0 bridgehead atoms. The van der Waals surface area contributed by atoms with Crippen LogP contribution in [-0.4, -0.2) is 10.2 Å². The van der Waals surface area contributed by atoms with Gasteiger partial charge in [0.2, 0.25) is 0 Å². The van der Waals surface area contributed by atoms with Crippen LogP contribution in [0.25, 0.3) is 0 Å². The Balaban J connectivity index is 2.57. The number of aryl methyl sites for hydroxylation is 1. The number of rotatable bonds is 2. The molecule has 1 unspecified atom stereocenters. The summed E-state index contributed by atoms with van der Waals surface area (Å²) in [5.74, 6) is 0.0877. The van der Waals surface area contributed by atoms with Crippen molar-refractivity contribution in [2.24, 2.45) is 0 Å². The molecule has 1 atom stereocenters. The van der Waals surface area contributed by atoms with Gasteiger partial charge in [0.05, 0.1) is 0 Å². The summed E-state index contributed by atoms with van der Waals surface area (Å²) in [6.07, 6.45) is 0. The molecule has 0 fully saturated rings. The number of halogens is 1. The van der Waals surface area contributed by atoms with Crippen molar-refractivity contribution in [1.82, 2.24) is 0 Å². The lowest BCUT2D eigenvalue weighted by molar-refractivity contribution is 0.0990. The van der Waals surface area contributed by atoms with E-state index < -0.39 is 5.60 Å². The van der Waals surface area contributed by atoms with Crippen LogP contribution in [0, 0.1) is 6.92 Å². The molecule has 0 spiro atoms. The molecule has 0 aliphatic rings. The van der Waals surface area contributed by atoms with E-state index in [0.717, 1.165) is 15.6 Å². The summed E-state index contributed by atoms with van der Waals surface area (Å²) in [7, 11) is 0. The first-order valence-electron chi connectivity index (χ1n) is 5.70. The predicted octanol–water partition coefficient (Wildman–Crippen LogP) is 3.72. The molecule has 0 heterocycles. The number of aliphatic hydroxyl groups is 1. The molecule has 0 radical (unpaired) electrons. The van der Waals surface area contributed by atoms with Crippen molar-refractivity contribution in [3.05, 3.63) is 63.6 Å². The van der Waals surface area contributed by atoms with Crippen LogP contribution >= 0.6 is 15.9 Å². The van der Waals surface area contributed by atoms with E-state index in [1.165, 1.54) is 0 Å². The maximum atomic E-state index is 10.7. The van der Waals surface area contributed by atoms with Gasteiger partial charge in [-0.25, -0.2) is 0 Å².